The molecular formula is C10H18. The lowest BCUT2D eigenvalue weighted by atomic mass is 9.71. The summed E-state index contributed by atoms with van der Waals surface area (Å²) in [4.78, 5) is 0. The molecule has 0 aliphatic heterocycles. The van der Waals surface area contributed by atoms with Crippen LogP contribution >= 0.6 is 0 Å². The molecule has 0 aromatic heterocycles. The van der Waals surface area contributed by atoms with Crippen LogP contribution < -0.4 is 0 Å². The van der Waals surface area contributed by atoms with E-state index in [0.29, 0.717) is 0 Å². The van der Waals surface area contributed by atoms with Crippen molar-refractivity contribution in [2.75, 3.05) is 0 Å². The van der Waals surface area contributed by atoms with Crippen molar-refractivity contribution in [2.24, 2.45) is 23.7 Å². The van der Waals surface area contributed by atoms with Crippen LogP contribution in [0.4, 0.5) is 0 Å². The molecule has 0 radical (unpaired) electrons. The van der Waals surface area contributed by atoms with Crippen LogP contribution in [-0.2, 0) is 0 Å². The van der Waals surface area contributed by atoms with Crippen molar-refractivity contribution >= 4 is 0 Å². The topological polar surface area (TPSA) is 0 Å². The Labute approximate surface area is 64.0 Å². The molecule has 58 valence electrons. The van der Waals surface area contributed by atoms with Crippen molar-refractivity contribution in [3.05, 3.63) is 0 Å². The summed E-state index contributed by atoms with van der Waals surface area (Å²) in [6.45, 7) is 4.74. The highest BCUT2D eigenvalue weighted by atomic mass is 14.5. The van der Waals surface area contributed by atoms with Crippen molar-refractivity contribution < 1.29 is 0 Å². The van der Waals surface area contributed by atoms with Gasteiger partial charge in [0, 0.05) is 0 Å². The predicted molar refractivity (Wildman–Crippen MR) is 43.8 cm³/mol. The van der Waals surface area contributed by atoms with Gasteiger partial charge in [-0.05, 0) is 42.9 Å². The van der Waals surface area contributed by atoms with Crippen molar-refractivity contribution in [3.63, 3.8) is 0 Å². The average molecular weight is 138 g/mol. The van der Waals surface area contributed by atoms with E-state index in [9.17, 15) is 0 Å². The summed E-state index contributed by atoms with van der Waals surface area (Å²) in [5, 5.41) is 0. The van der Waals surface area contributed by atoms with E-state index in [1.165, 1.54) is 6.42 Å². The van der Waals surface area contributed by atoms with Gasteiger partial charge in [0.15, 0.2) is 0 Å². The van der Waals surface area contributed by atoms with E-state index < -0.39 is 0 Å². The molecule has 2 atom stereocenters. The van der Waals surface area contributed by atoms with Crippen molar-refractivity contribution in [1.29, 1.82) is 0 Å². The zero-order valence-electron chi connectivity index (χ0n) is 7.14. The van der Waals surface area contributed by atoms with Crippen LogP contribution in [0, 0.1) is 23.7 Å². The summed E-state index contributed by atoms with van der Waals surface area (Å²) in [6.07, 6.45) is 6.09. The molecular weight excluding hydrogens is 120 g/mol. The zero-order valence-corrected chi connectivity index (χ0v) is 7.14. The van der Waals surface area contributed by atoms with Gasteiger partial charge in [0.25, 0.3) is 0 Å². The maximum absolute atomic E-state index is 2.41. The molecule has 0 N–H and O–H groups in total. The van der Waals surface area contributed by atoms with Crippen molar-refractivity contribution in [2.45, 2.75) is 39.5 Å². The largest absolute Gasteiger partial charge is 0.0651 e. The fraction of sp³-hybridized carbons (Fsp3) is 1.00. The maximum atomic E-state index is 2.41. The predicted octanol–water partition coefficient (Wildman–Crippen LogP) is 3.08. The smallest absolute Gasteiger partial charge is 0.0357 e. The Morgan fingerprint density at radius 1 is 1.20 bits per heavy atom. The average Bonchev–Trinajstić information content (AvgIpc) is 2.45. The lowest BCUT2D eigenvalue weighted by Crippen LogP contribution is -2.24. The van der Waals surface area contributed by atoms with Crippen LogP contribution in [0.5, 0.6) is 0 Å². The van der Waals surface area contributed by atoms with E-state index in [2.05, 4.69) is 13.8 Å². The Kier molecular flexibility index (Phi) is 1.51. The van der Waals surface area contributed by atoms with Gasteiger partial charge in [0.2, 0.25) is 0 Å². The normalized spacial score (nSPS) is 52.2. The Bertz CT molecular complexity index is 122. The first-order valence-corrected chi connectivity index (χ1v) is 4.81. The first-order chi connectivity index (χ1) is 4.81. The number of hydrogen-bond donors (Lipinski definition) is 0. The summed E-state index contributed by atoms with van der Waals surface area (Å²) in [7, 11) is 0. The van der Waals surface area contributed by atoms with E-state index >= 15 is 0 Å². The Hall–Kier alpha value is 0. The van der Waals surface area contributed by atoms with E-state index in [4.69, 9.17) is 0 Å². The summed E-state index contributed by atoms with van der Waals surface area (Å²) < 4.78 is 0. The van der Waals surface area contributed by atoms with Crippen molar-refractivity contribution in [1.82, 2.24) is 0 Å². The second-order valence-electron chi connectivity index (χ2n) is 4.38. The van der Waals surface area contributed by atoms with Crippen LogP contribution in [0.2, 0.25) is 0 Å². The minimum absolute atomic E-state index is 1.09. The summed E-state index contributed by atoms with van der Waals surface area (Å²) in [6, 6.07) is 0. The van der Waals surface area contributed by atoms with Crippen LogP contribution in [0.15, 0.2) is 0 Å². The van der Waals surface area contributed by atoms with Gasteiger partial charge in [-0.3, -0.25) is 0 Å². The minimum atomic E-state index is 1.09. The summed E-state index contributed by atoms with van der Waals surface area (Å²) >= 11 is 0. The molecule has 2 rings (SSSR count). The van der Waals surface area contributed by atoms with Gasteiger partial charge in [-0.1, -0.05) is 20.3 Å². The standard InChI is InChI=1S/C10H18/c1-3-8-5-9(6-8)10-4-7(10)2/h7-10H,3-6H2,1-2H3. The molecule has 0 spiro atoms. The molecule has 10 heavy (non-hydrogen) atoms. The molecule has 0 nitrogen and oxygen atoms in total. The van der Waals surface area contributed by atoms with Crippen LogP contribution in [0.3, 0.4) is 0 Å². The van der Waals surface area contributed by atoms with Crippen LogP contribution in [-0.4, -0.2) is 0 Å². The molecule has 2 fully saturated rings. The van der Waals surface area contributed by atoms with E-state index in [1.807, 2.05) is 0 Å². The molecule has 0 saturated heterocycles. The van der Waals surface area contributed by atoms with Crippen LogP contribution in [0.25, 0.3) is 0 Å². The highest BCUT2D eigenvalue weighted by Gasteiger charge is 2.44. The molecule has 0 aromatic rings. The monoisotopic (exact) mass is 138 g/mol. The third-order valence-corrected chi connectivity index (χ3v) is 3.63. The fourth-order valence-corrected chi connectivity index (χ4v) is 2.48. The summed E-state index contributed by atoms with van der Waals surface area (Å²) in [5.74, 6) is 4.50. The molecule has 0 heterocycles. The molecule has 0 aromatic carbocycles. The summed E-state index contributed by atoms with van der Waals surface area (Å²) in [5.41, 5.74) is 0. The van der Waals surface area contributed by atoms with Gasteiger partial charge < -0.3 is 0 Å². The second-order valence-corrected chi connectivity index (χ2v) is 4.38. The van der Waals surface area contributed by atoms with Gasteiger partial charge in [0.05, 0.1) is 0 Å². The molecule has 0 amide bonds. The third-order valence-electron chi connectivity index (χ3n) is 3.63. The molecule has 2 aliphatic carbocycles. The Balaban J connectivity index is 1.71. The lowest BCUT2D eigenvalue weighted by Gasteiger charge is -2.35. The molecule has 2 aliphatic rings. The van der Waals surface area contributed by atoms with E-state index in [-0.39, 0.29) is 0 Å². The van der Waals surface area contributed by atoms with E-state index in [0.717, 1.165) is 23.7 Å². The quantitative estimate of drug-likeness (QED) is 0.550. The fourth-order valence-electron chi connectivity index (χ4n) is 2.48. The molecule has 2 saturated carbocycles. The lowest BCUT2D eigenvalue weighted by molar-refractivity contribution is 0.158. The Morgan fingerprint density at radius 3 is 2.20 bits per heavy atom. The van der Waals surface area contributed by atoms with Crippen molar-refractivity contribution in [3.8, 4) is 0 Å². The van der Waals surface area contributed by atoms with Crippen LogP contribution in [0.1, 0.15) is 39.5 Å². The SMILES string of the molecule is CCC1CC(C2CC2C)C1. The van der Waals surface area contributed by atoms with Gasteiger partial charge in [-0.2, -0.15) is 0 Å². The highest BCUT2D eigenvalue weighted by molar-refractivity contribution is 4.94. The highest BCUT2D eigenvalue weighted by Crippen LogP contribution is 2.53. The minimum Gasteiger partial charge on any atom is -0.0651 e. The first kappa shape index (κ1) is 6.69. The second kappa shape index (κ2) is 2.25. The number of hydrogen-bond acceptors (Lipinski definition) is 0. The first-order valence-electron chi connectivity index (χ1n) is 4.81. The molecule has 0 heteroatoms. The molecule has 2 unspecified atom stereocenters. The van der Waals surface area contributed by atoms with Gasteiger partial charge in [0.1, 0.15) is 0 Å². The molecule has 0 bridgehead atoms. The Morgan fingerprint density at radius 2 is 1.80 bits per heavy atom. The maximum Gasteiger partial charge on any atom is -0.0357 e. The van der Waals surface area contributed by atoms with E-state index in [1.54, 1.807) is 19.3 Å². The van der Waals surface area contributed by atoms with Gasteiger partial charge >= 0.3 is 0 Å². The van der Waals surface area contributed by atoms with Gasteiger partial charge in [-0.15, -0.1) is 0 Å². The van der Waals surface area contributed by atoms with Gasteiger partial charge in [-0.25, -0.2) is 0 Å². The zero-order chi connectivity index (χ0) is 7.14. The number of rotatable bonds is 2. The third kappa shape index (κ3) is 0.980.